The van der Waals surface area contributed by atoms with E-state index in [2.05, 4.69) is 32.8 Å². The van der Waals surface area contributed by atoms with Crippen molar-refractivity contribution in [1.82, 2.24) is 14.8 Å². The van der Waals surface area contributed by atoms with E-state index in [1.165, 1.54) is 12.7 Å². The molecule has 150 valence electrons. The summed E-state index contributed by atoms with van der Waals surface area (Å²) < 4.78 is 12.0. The van der Waals surface area contributed by atoms with E-state index in [-0.39, 0.29) is 30.5 Å². The standard InChI is InChI=1S/C21H23N5O3/c1-28-13-19(27)23-20-24-21-22-17(14-6-4-3-5-7-14)12-18(26(21)25-20)15-8-10-16(29-2)11-9-15/h3-11,17-18H,12-13H2,1-2H3,(H2,22,23,24,25,27)/t17-,18+/m0/s1. The summed E-state index contributed by atoms with van der Waals surface area (Å²) in [5, 5.41) is 10.6. The first-order valence-corrected chi connectivity index (χ1v) is 9.38. The lowest BCUT2D eigenvalue weighted by Gasteiger charge is -2.31. The largest absolute Gasteiger partial charge is 0.497 e. The molecule has 29 heavy (non-hydrogen) atoms. The van der Waals surface area contributed by atoms with Crippen molar-refractivity contribution in [3.05, 3.63) is 65.7 Å². The van der Waals surface area contributed by atoms with E-state index in [1.807, 2.05) is 47.1 Å². The van der Waals surface area contributed by atoms with Crippen molar-refractivity contribution >= 4 is 17.8 Å². The number of nitrogens with one attached hydrogen (secondary N) is 2. The fourth-order valence-corrected chi connectivity index (χ4v) is 3.53. The number of methoxy groups -OCH3 is 2. The molecule has 0 aliphatic carbocycles. The Morgan fingerprint density at radius 1 is 1.14 bits per heavy atom. The molecule has 0 radical (unpaired) electrons. The zero-order valence-electron chi connectivity index (χ0n) is 16.3. The number of aromatic nitrogens is 3. The smallest absolute Gasteiger partial charge is 0.252 e. The van der Waals surface area contributed by atoms with E-state index < -0.39 is 0 Å². The fraction of sp³-hybridized carbons (Fsp3) is 0.286. The van der Waals surface area contributed by atoms with E-state index in [4.69, 9.17) is 9.47 Å². The Labute approximate surface area is 168 Å². The molecule has 0 unspecified atom stereocenters. The van der Waals surface area contributed by atoms with Gasteiger partial charge in [0.15, 0.2) is 0 Å². The predicted octanol–water partition coefficient (Wildman–Crippen LogP) is 3.02. The van der Waals surface area contributed by atoms with Crippen molar-refractivity contribution in [3.63, 3.8) is 0 Å². The minimum Gasteiger partial charge on any atom is -0.497 e. The quantitative estimate of drug-likeness (QED) is 0.669. The Hall–Kier alpha value is -3.39. The van der Waals surface area contributed by atoms with Crippen LogP contribution < -0.4 is 15.4 Å². The minimum atomic E-state index is -0.295. The van der Waals surface area contributed by atoms with Gasteiger partial charge < -0.3 is 14.8 Å². The van der Waals surface area contributed by atoms with Gasteiger partial charge in [-0.3, -0.25) is 10.1 Å². The predicted molar refractivity (Wildman–Crippen MR) is 109 cm³/mol. The number of carbonyl (C=O) groups is 1. The second-order valence-corrected chi connectivity index (χ2v) is 6.82. The van der Waals surface area contributed by atoms with E-state index >= 15 is 0 Å². The zero-order valence-corrected chi connectivity index (χ0v) is 16.3. The van der Waals surface area contributed by atoms with Crippen LogP contribution in [0.3, 0.4) is 0 Å². The molecule has 8 heteroatoms. The summed E-state index contributed by atoms with van der Waals surface area (Å²) in [6.07, 6.45) is 0.790. The molecule has 8 nitrogen and oxygen atoms in total. The van der Waals surface area contributed by atoms with Gasteiger partial charge in [-0.15, -0.1) is 5.10 Å². The summed E-state index contributed by atoms with van der Waals surface area (Å²) in [7, 11) is 3.12. The van der Waals surface area contributed by atoms with Gasteiger partial charge in [-0.1, -0.05) is 42.5 Å². The number of ether oxygens (including phenoxy) is 2. The molecule has 2 aromatic carbocycles. The Morgan fingerprint density at radius 3 is 2.59 bits per heavy atom. The van der Waals surface area contributed by atoms with Crippen LogP contribution in [-0.4, -0.2) is 41.5 Å². The lowest BCUT2D eigenvalue weighted by molar-refractivity contribution is -0.119. The van der Waals surface area contributed by atoms with Crippen molar-refractivity contribution in [1.29, 1.82) is 0 Å². The molecule has 0 saturated heterocycles. The highest BCUT2D eigenvalue weighted by Gasteiger charge is 2.31. The van der Waals surface area contributed by atoms with Crippen molar-refractivity contribution < 1.29 is 14.3 Å². The van der Waals surface area contributed by atoms with Crippen molar-refractivity contribution in [3.8, 4) is 5.75 Å². The maximum absolute atomic E-state index is 11.9. The fourth-order valence-electron chi connectivity index (χ4n) is 3.53. The number of rotatable bonds is 6. The number of anilines is 2. The molecule has 1 aliphatic heterocycles. The van der Waals surface area contributed by atoms with Gasteiger partial charge in [0.25, 0.3) is 11.9 Å². The Balaban J connectivity index is 1.68. The molecule has 0 bridgehead atoms. The van der Waals surface area contributed by atoms with Gasteiger partial charge in [0, 0.05) is 7.11 Å². The number of hydrogen-bond donors (Lipinski definition) is 2. The van der Waals surface area contributed by atoms with Gasteiger partial charge in [-0.25, -0.2) is 4.68 Å². The van der Waals surface area contributed by atoms with Gasteiger partial charge >= 0.3 is 0 Å². The second-order valence-electron chi connectivity index (χ2n) is 6.82. The van der Waals surface area contributed by atoms with Gasteiger partial charge in [0.2, 0.25) is 5.95 Å². The highest BCUT2D eigenvalue weighted by Crippen LogP contribution is 2.38. The number of hydrogen-bond acceptors (Lipinski definition) is 6. The molecule has 1 aromatic heterocycles. The molecule has 0 fully saturated rings. The average Bonchev–Trinajstić information content (AvgIpc) is 3.16. The van der Waals surface area contributed by atoms with Gasteiger partial charge in [0.05, 0.1) is 19.2 Å². The van der Waals surface area contributed by atoms with Crippen LogP contribution >= 0.6 is 0 Å². The first-order valence-electron chi connectivity index (χ1n) is 9.38. The van der Waals surface area contributed by atoms with Crippen LogP contribution in [0.25, 0.3) is 0 Å². The Bertz CT molecular complexity index is 972. The number of fused-ring (bicyclic) bond motifs is 1. The number of nitrogens with zero attached hydrogens (tertiary/aromatic N) is 3. The minimum absolute atomic E-state index is 0.0389. The summed E-state index contributed by atoms with van der Waals surface area (Å²) in [5.41, 5.74) is 2.26. The average molecular weight is 393 g/mol. The van der Waals surface area contributed by atoms with Crippen molar-refractivity contribution in [2.75, 3.05) is 31.5 Å². The summed E-state index contributed by atoms with van der Waals surface area (Å²) in [6.45, 7) is -0.0498. The Morgan fingerprint density at radius 2 is 1.90 bits per heavy atom. The van der Waals surface area contributed by atoms with Gasteiger partial charge in [-0.05, 0) is 29.7 Å². The molecule has 3 aromatic rings. The van der Waals surface area contributed by atoms with Crippen LogP contribution in [0.5, 0.6) is 5.75 Å². The lowest BCUT2D eigenvalue weighted by Crippen LogP contribution is -2.28. The molecule has 2 heterocycles. The van der Waals surface area contributed by atoms with Crippen molar-refractivity contribution in [2.45, 2.75) is 18.5 Å². The molecular formula is C21H23N5O3. The number of carbonyl (C=O) groups excluding carboxylic acids is 1. The first kappa shape index (κ1) is 18.9. The number of amides is 1. The van der Waals surface area contributed by atoms with Crippen molar-refractivity contribution in [2.24, 2.45) is 0 Å². The third kappa shape index (κ3) is 4.07. The monoisotopic (exact) mass is 393 g/mol. The van der Waals surface area contributed by atoms with E-state index in [9.17, 15) is 4.79 Å². The van der Waals surface area contributed by atoms with Gasteiger partial charge in [0.1, 0.15) is 12.4 Å². The molecule has 2 atom stereocenters. The van der Waals surface area contributed by atoms with E-state index in [0.29, 0.717) is 5.95 Å². The summed E-state index contributed by atoms with van der Waals surface area (Å²) in [6, 6.07) is 18.2. The number of benzene rings is 2. The third-order valence-electron chi connectivity index (χ3n) is 4.92. The normalized spacial score (nSPS) is 17.9. The van der Waals surface area contributed by atoms with E-state index in [0.717, 1.165) is 17.7 Å². The van der Waals surface area contributed by atoms with Crippen LogP contribution in [0, 0.1) is 0 Å². The van der Waals surface area contributed by atoms with E-state index in [1.54, 1.807) is 7.11 Å². The highest BCUT2D eigenvalue weighted by atomic mass is 16.5. The lowest BCUT2D eigenvalue weighted by atomic mass is 9.93. The molecule has 1 aliphatic rings. The summed E-state index contributed by atoms with van der Waals surface area (Å²) in [5.74, 6) is 1.37. The topological polar surface area (TPSA) is 90.3 Å². The third-order valence-corrected chi connectivity index (χ3v) is 4.92. The Kier molecular flexibility index (Phi) is 5.44. The summed E-state index contributed by atoms with van der Waals surface area (Å²) >= 11 is 0. The van der Waals surface area contributed by atoms with Crippen LogP contribution in [0.1, 0.15) is 29.6 Å². The summed E-state index contributed by atoms with van der Waals surface area (Å²) in [4.78, 5) is 16.4. The van der Waals surface area contributed by atoms with Crippen LogP contribution in [-0.2, 0) is 9.53 Å². The molecule has 1 amide bonds. The zero-order chi connectivity index (χ0) is 20.2. The molecule has 0 saturated carbocycles. The molecule has 2 N–H and O–H groups in total. The molecular weight excluding hydrogens is 370 g/mol. The maximum Gasteiger partial charge on any atom is 0.252 e. The highest BCUT2D eigenvalue weighted by molar-refractivity contribution is 5.90. The molecule has 0 spiro atoms. The SMILES string of the molecule is COCC(=O)Nc1nc2n(n1)[C@@H](c1ccc(OC)cc1)C[C@@H](c1ccccc1)N2. The van der Waals surface area contributed by atoms with Gasteiger partial charge in [-0.2, -0.15) is 4.98 Å². The van der Waals surface area contributed by atoms with Crippen LogP contribution in [0.15, 0.2) is 54.6 Å². The van der Waals surface area contributed by atoms with Crippen LogP contribution in [0.4, 0.5) is 11.9 Å². The maximum atomic E-state index is 11.9. The molecule has 4 rings (SSSR count). The first-order chi connectivity index (χ1) is 14.2. The second kappa shape index (κ2) is 8.32. The van der Waals surface area contributed by atoms with Crippen LogP contribution in [0.2, 0.25) is 0 Å².